The average Bonchev–Trinajstić information content (AvgIpc) is 2.74. The Balaban J connectivity index is 1.36. The molecule has 3 heterocycles. The molecule has 4 rings (SSSR count). The molecule has 2 aliphatic rings. The topological polar surface area (TPSA) is 52.6 Å². The number of anilines is 2. The van der Waals surface area contributed by atoms with Gasteiger partial charge in [-0.3, -0.25) is 4.79 Å². The molecule has 0 aliphatic carbocycles. The predicted octanol–water partition coefficient (Wildman–Crippen LogP) is 2.74. The normalized spacial score (nSPS) is 17.9. The zero-order chi connectivity index (χ0) is 18.6. The molecule has 0 atom stereocenters. The molecule has 0 radical (unpaired) electrons. The highest BCUT2D eigenvalue weighted by Gasteiger charge is 2.21. The highest BCUT2D eigenvalue weighted by atomic mass is 16.2. The van der Waals surface area contributed by atoms with Crippen LogP contribution in [0.25, 0.3) is 0 Å². The van der Waals surface area contributed by atoms with Gasteiger partial charge >= 0.3 is 0 Å². The molecule has 1 aromatic heterocycles. The van der Waals surface area contributed by atoms with Gasteiger partial charge in [0.05, 0.1) is 5.56 Å². The molecule has 27 heavy (non-hydrogen) atoms. The van der Waals surface area contributed by atoms with Crippen LogP contribution in [0.1, 0.15) is 35.2 Å². The summed E-state index contributed by atoms with van der Waals surface area (Å²) in [5, 5.41) is 0. The lowest BCUT2D eigenvalue weighted by Crippen LogP contribution is -2.47. The summed E-state index contributed by atoms with van der Waals surface area (Å²) in [6, 6.07) is 8.63. The summed E-state index contributed by atoms with van der Waals surface area (Å²) in [5.41, 5.74) is 3.16. The van der Waals surface area contributed by atoms with Crippen LogP contribution in [0, 0.1) is 6.92 Å². The van der Waals surface area contributed by atoms with Crippen molar-refractivity contribution in [1.29, 1.82) is 0 Å². The fourth-order valence-electron chi connectivity index (χ4n) is 3.86. The number of carbonyl (C=O) groups is 1. The van der Waals surface area contributed by atoms with Gasteiger partial charge in [-0.25, -0.2) is 9.97 Å². The second-order valence-electron chi connectivity index (χ2n) is 7.44. The van der Waals surface area contributed by atoms with Crippen molar-refractivity contribution in [2.24, 2.45) is 0 Å². The SMILES string of the molecule is Cc1cccc(N2CCN(c3ncc(C(=O)N4CCCCC4)cn3)CC2)c1. The van der Waals surface area contributed by atoms with E-state index in [0.717, 1.165) is 52.1 Å². The Kier molecular flexibility index (Phi) is 5.23. The number of benzene rings is 1. The third-order valence-corrected chi connectivity index (χ3v) is 5.46. The van der Waals surface area contributed by atoms with Crippen LogP contribution in [-0.2, 0) is 0 Å². The molecule has 1 amide bonds. The molecule has 6 nitrogen and oxygen atoms in total. The van der Waals surface area contributed by atoms with Crippen LogP contribution in [-0.4, -0.2) is 60.0 Å². The van der Waals surface area contributed by atoms with Crippen molar-refractivity contribution in [3.8, 4) is 0 Å². The predicted molar refractivity (Wildman–Crippen MR) is 107 cm³/mol. The largest absolute Gasteiger partial charge is 0.368 e. The molecule has 1 aromatic carbocycles. The number of likely N-dealkylation sites (tertiary alicyclic amines) is 1. The van der Waals surface area contributed by atoms with Gasteiger partial charge < -0.3 is 14.7 Å². The van der Waals surface area contributed by atoms with Crippen molar-refractivity contribution in [3.05, 3.63) is 47.8 Å². The zero-order valence-electron chi connectivity index (χ0n) is 16.0. The first kappa shape index (κ1) is 17.8. The first-order valence-corrected chi connectivity index (χ1v) is 9.88. The first-order valence-electron chi connectivity index (χ1n) is 9.88. The van der Waals surface area contributed by atoms with Crippen molar-refractivity contribution in [2.45, 2.75) is 26.2 Å². The second kappa shape index (κ2) is 7.94. The Morgan fingerprint density at radius 1 is 0.889 bits per heavy atom. The van der Waals surface area contributed by atoms with Gasteiger partial charge in [0, 0.05) is 57.3 Å². The van der Waals surface area contributed by atoms with Gasteiger partial charge in [0.15, 0.2) is 0 Å². The van der Waals surface area contributed by atoms with E-state index < -0.39 is 0 Å². The van der Waals surface area contributed by atoms with E-state index in [2.05, 4.69) is 51.0 Å². The summed E-state index contributed by atoms with van der Waals surface area (Å²) in [7, 11) is 0. The van der Waals surface area contributed by atoms with Gasteiger partial charge in [0.2, 0.25) is 5.95 Å². The number of rotatable bonds is 3. The Hall–Kier alpha value is -2.63. The molecular formula is C21H27N5O. The van der Waals surface area contributed by atoms with Crippen molar-refractivity contribution < 1.29 is 4.79 Å². The smallest absolute Gasteiger partial charge is 0.256 e. The van der Waals surface area contributed by atoms with E-state index in [4.69, 9.17) is 0 Å². The minimum absolute atomic E-state index is 0.0607. The van der Waals surface area contributed by atoms with E-state index in [1.165, 1.54) is 17.7 Å². The molecule has 0 spiro atoms. The lowest BCUT2D eigenvalue weighted by Gasteiger charge is -2.36. The number of nitrogens with zero attached hydrogens (tertiary/aromatic N) is 5. The molecule has 2 aliphatic heterocycles. The number of aromatic nitrogens is 2. The van der Waals surface area contributed by atoms with E-state index in [9.17, 15) is 4.79 Å². The van der Waals surface area contributed by atoms with Gasteiger partial charge in [-0.2, -0.15) is 0 Å². The molecule has 0 bridgehead atoms. The van der Waals surface area contributed by atoms with Crippen LogP contribution in [0.3, 0.4) is 0 Å². The molecule has 2 fully saturated rings. The van der Waals surface area contributed by atoms with Crippen molar-refractivity contribution in [2.75, 3.05) is 49.1 Å². The summed E-state index contributed by atoms with van der Waals surface area (Å²) >= 11 is 0. The van der Waals surface area contributed by atoms with E-state index in [0.29, 0.717) is 11.5 Å². The van der Waals surface area contributed by atoms with Gasteiger partial charge in [0.25, 0.3) is 5.91 Å². The second-order valence-corrected chi connectivity index (χ2v) is 7.44. The maximum atomic E-state index is 12.5. The molecule has 0 saturated carbocycles. The maximum Gasteiger partial charge on any atom is 0.256 e. The highest BCUT2D eigenvalue weighted by molar-refractivity contribution is 5.93. The fourth-order valence-corrected chi connectivity index (χ4v) is 3.86. The number of hydrogen-bond donors (Lipinski definition) is 0. The van der Waals surface area contributed by atoms with Crippen LogP contribution in [0.5, 0.6) is 0 Å². The number of piperidine rings is 1. The number of aryl methyl sites for hydroxylation is 1. The standard InChI is InChI=1S/C21H27N5O/c1-17-6-5-7-19(14-17)24-10-12-26(13-11-24)21-22-15-18(16-23-21)20(27)25-8-3-2-4-9-25/h5-7,14-16H,2-4,8-13H2,1H3. The van der Waals surface area contributed by atoms with Crippen LogP contribution in [0.4, 0.5) is 11.6 Å². The lowest BCUT2D eigenvalue weighted by atomic mass is 10.1. The van der Waals surface area contributed by atoms with Crippen molar-refractivity contribution in [3.63, 3.8) is 0 Å². The summed E-state index contributed by atoms with van der Waals surface area (Å²) in [6.07, 6.45) is 6.78. The molecule has 0 N–H and O–H groups in total. The van der Waals surface area contributed by atoms with Gasteiger partial charge in [-0.05, 0) is 43.9 Å². The van der Waals surface area contributed by atoms with E-state index >= 15 is 0 Å². The lowest BCUT2D eigenvalue weighted by molar-refractivity contribution is 0.0723. The minimum atomic E-state index is 0.0607. The Morgan fingerprint density at radius 2 is 1.56 bits per heavy atom. The van der Waals surface area contributed by atoms with Crippen molar-refractivity contribution >= 4 is 17.5 Å². The Morgan fingerprint density at radius 3 is 2.22 bits per heavy atom. The third kappa shape index (κ3) is 4.04. The summed E-state index contributed by atoms with van der Waals surface area (Å²) in [6.45, 7) is 7.48. The number of piperazine rings is 1. The summed E-state index contributed by atoms with van der Waals surface area (Å²) in [4.78, 5) is 28.0. The summed E-state index contributed by atoms with van der Waals surface area (Å²) in [5.74, 6) is 0.777. The molecular weight excluding hydrogens is 338 g/mol. The quantitative estimate of drug-likeness (QED) is 0.837. The Labute approximate surface area is 160 Å². The number of carbonyl (C=O) groups excluding carboxylic acids is 1. The third-order valence-electron chi connectivity index (χ3n) is 5.46. The summed E-state index contributed by atoms with van der Waals surface area (Å²) < 4.78 is 0. The number of hydrogen-bond acceptors (Lipinski definition) is 5. The van der Waals surface area contributed by atoms with Crippen LogP contribution < -0.4 is 9.80 Å². The monoisotopic (exact) mass is 365 g/mol. The maximum absolute atomic E-state index is 12.5. The molecule has 2 saturated heterocycles. The van der Waals surface area contributed by atoms with Crippen LogP contribution in [0.2, 0.25) is 0 Å². The fraction of sp³-hybridized carbons (Fsp3) is 0.476. The molecule has 142 valence electrons. The van der Waals surface area contributed by atoms with Crippen molar-refractivity contribution in [1.82, 2.24) is 14.9 Å². The van der Waals surface area contributed by atoms with Gasteiger partial charge in [0.1, 0.15) is 0 Å². The van der Waals surface area contributed by atoms with E-state index in [1.807, 2.05) is 4.90 Å². The van der Waals surface area contributed by atoms with E-state index in [-0.39, 0.29) is 5.91 Å². The zero-order valence-corrected chi connectivity index (χ0v) is 16.0. The van der Waals surface area contributed by atoms with Crippen LogP contribution in [0.15, 0.2) is 36.7 Å². The number of amides is 1. The van der Waals surface area contributed by atoms with Crippen LogP contribution >= 0.6 is 0 Å². The van der Waals surface area contributed by atoms with E-state index in [1.54, 1.807) is 12.4 Å². The van der Waals surface area contributed by atoms with Gasteiger partial charge in [-0.15, -0.1) is 0 Å². The molecule has 0 unspecified atom stereocenters. The highest BCUT2D eigenvalue weighted by Crippen LogP contribution is 2.20. The molecule has 6 heteroatoms. The molecule has 2 aromatic rings. The first-order chi connectivity index (χ1) is 13.2. The average molecular weight is 365 g/mol. The van der Waals surface area contributed by atoms with Gasteiger partial charge in [-0.1, -0.05) is 12.1 Å². The Bertz CT molecular complexity index is 777. The minimum Gasteiger partial charge on any atom is -0.368 e.